The Morgan fingerprint density at radius 1 is 1.30 bits per heavy atom. The second kappa shape index (κ2) is 7.17. The smallest absolute Gasteiger partial charge is 0.307 e. The average Bonchev–Trinajstić information content (AvgIpc) is 2.60. The summed E-state index contributed by atoms with van der Waals surface area (Å²) < 4.78 is 6.51. The molecule has 120 valence electrons. The molecule has 0 amide bonds. The van der Waals surface area contributed by atoms with Crippen LogP contribution in [0, 0.1) is 5.92 Å². The number of benzene rings is 1. The van der Waals surface area contributed by atoms with Gasteiger partial charge in [-0.1, -0.05) is 29.5 Å². The highest BCUT2D eigenvalue weighted by Crippen LogP contribution is 2.18. The molecular weight excluding hydrogens is 294 g/mol. The number of aromatic nitrogens is 3. The van der Waals surface area contributed by atoms with Gasteiger partial charge in [0.05, 0.1) is 25.0 Å². The fourth-order valence-electron chi connectivity index (χ4n) is 2.66. The largest absolute Gasteiger partial charge is 0.465 e. The Labute approximate surface area is 133 Å². The zero-order valence-corrected chi connectivity index (χ0v) is 12.9. The highest BCUT2D eigenvalue weighted by atomic mass is 16.5. The van der Waals surface area contributed by atoms with E-state index in [1.54, 1.807) is 24.3 Å². The minimum atomic E-state index is -0.304. The lowest BCUT2D eigenvalue weighted by Gasteiger charge is -2.17. The number of esters is 1. The highest BCUT2D eigenvalue weighted by Gasteiger charge is 2.13. The molecule has 1 unspecified atom stereocenters. The van der Waals surface area contributed by atoms with Gasteiger partial charge >= 0.3 is 5.97 Å². The second-order valence-electron chi connectivity index (χ2n) is 5.72. The number of hydrogen-bond donors (Lipinski definition) is 0. The van der Waals surface area contributed by atoms with Crippen molar-refractivity contribution in [3.8, 4) is 0 Å². The fraction of sp³-hybridized carbons (Fsp3) is 0.412. The standard InChI is InChI=1S/C17H19N3O3/c21-16(23-12-13-6-2-1-3-7-13)10-11-20-17(22)14-8-4-5-9-15(14)18-19-20/h1-2,4-5,8-9,13H,3,6-7,10-12H2. The summed E-state index contributed by atoms with van der Waals surface area (Å²) in [6.45, 7) is 0.627. The summed E-state index contributed by atoms with van der Waals surface area (Å²) in [4.78, 5) is 24.1. The van der Waals surface area contributed by atoms with E-state index in [1.165, 1.54) is 4.68 Å². The molecule has 1 aromatic heterocycles. The van der Waals surface area contributed by atoms with Gasteiger partial charge in [0.1, 0.15) is 5.52 Å². The predicted molar refractivity (Wildman–Crippen MR) is 85.9 cm³/mol. The van der Waals surface area contributed by atoms with Gasteiger partial charge in [-0.05, 0) is 37.3 Å². The van der Waals surface area contributed by atoms with Crippen LogP contribution in [-0.2, 0) is 16.1 Å². The predicted octanol–water partition coefficient (Wildman–Crippen LogP) is 2.08. The first-order valence-corrected chi connectivity index (χ1v) is 7.87. The Balaban J connectivity index is 1.55. The molecule has 1 heterocycles. The number of carbonyl (C=O) groups is 1. The van der Waals surface area contributed by atoms with E-state index in [-0.39, 0.29) is 24.5 Å². The van der Waals surface area contributed by atoms with Crippen LogP contribution in [0.15, 0.2) is 41.2 Å². The Morgan fingerprint density at radius 2 is 2.17 bits per heavy atom. The van der Waals surface area contributed by atoms with Gasteiger partial charge in [-0.15, -0.1) is 5.10 Å². The molecule has 3 rings (SSSR count). The van der Waals surface area contributed by atoms with Crippen molar-refractivity contribution in [2.24, 2.45) is 5.92 Å². The second-order valence-corrected chi connectivity index (χ2v) is 5.72. The van der Waals surface area contributed by atoms with Crippen LogP contribution in [0.4, 0.5) is 0 Å². The molecule has 1 aliphatic carbocycles. The summed E-state index contributed by atoms with van der Waals surface area (Å²) >= 11 is 0. The Morgan fingerprint density at radius 3 is 3.00 bits per heavy atom. The van der Waals surface area contributed by atoms with Crippen LogP contribution in [0.2, 0.25) is 0 Å². The number of fused-ring (bicyclic) bond motifs is 1. The topological polar surface area (TPSA) is 74.1 Å². The van der Waals surface area contributed by atoms with E-state index in [0.717, 1.165) is 19.3 Å². The van der Waals surface area contributed by atoms with Gasteiger partial charge in [0, 0.05) is 0 Å². The molecule has 0 bridgehead atoms. The van der Waals surface area contributed by atoms with E-state index in [4.69, 9.17) is 4.74 Å². The fourth-order valence-corrected chi connectivity index (χ4v) is 2.66. The average molecular weight is 313 g/mol. The molecule has 23 heavy (non-hydrogen) atoms. The molecule has 1 aromatic carbocycles. The first-order valence-electron chi connectivity index (χ1n) is 7.87. The molecule has 2 aromatic rings. The summed E-state index contributed by atoms with van der Waals surface area (Å²) in [5.41, 5.74) is 0.322. The minimum Gasteiger partial charge on any atom is -0.465 e. The van der Waals surface area contributed by atoms with Crippen molar-refractivity contribution in [2.75, 3.05) is 6.61 Å². The van der Waals surface area contributed by atoms with E-state index in [1.807, 2.05) is 0 Å². The normalized spacial score (nSPS) is 17.3. The van der Waals surface area contributed by atoms with E-state index >= 15 is 0 Å². The number of nitrogens with zero attached hydrogens (tertiary/aromatic N) is 3. The monoisotopic (exact) mass is 313 g/mol. The lowest BCUT2D eigenvalue weighted by atomic mass is 9.95. The molecule has 0 spiro atoms. The van der Waals surface area contributed by atoms with Crippen LogP contribution in [0.25, 0.3) is 10.9 Å². The number of allylic oxidation sites excluding steroid dienone is 2. The maximum atomic E-state index is 12.2. The van der Waals surface area contributed by atoms with Crippen LogP contribution in [0.5, 0.6) is 0 Å². The third-order valence-corrected chi connectivity index (χ3v) is 4.01. The van der Waals surface area contributed by atoms with E-state index in [0.29, 0.717) is 23.4 Å². The quantitative estimate of drug-likeness (QED) is 0.624. The van der Waals surface area contributed by atoms with Gasteiger partial charge in [-0.3, -0.25) is 9.59 Å². The molecule has 0 radical (unpaired) electrons. The van der Waals surface area contributed by atoms with Crippen molar-refractivity contribution in [3.63, 3.8) is 0 Å². The van der Waals surface area contributed by atoms with Crippen molar-refractivity contribution in [2.45, 2.75) is 32.2 Å². The minimum absolute atomic E-state index is 0.121. The Hall–Kier alpha value is -2.50. The lowest BCUT2D eigenvalue weighted by Crippen LogP contribution is -2.26. The molecule has 0 fully saturated rings. The van der Waals surface area contributed by atoms with Crippen molar-refractivity contribution in [1.29, 1.82) is 0 Å². The van der Waals surface area contributed by atoms with Crippen LogP contribution in [0.3, 0.4) is 0 Å². The van der Waals surface area contributed by atoms with Gasteiger partial charge in [0.2, 0.25) is 0 Å². The molecule has 0 N–H and O–H groups in total. The summed E-state index contributed by atoms with van der Waals surface area (Å²) in [7, 11) is 0. The van der Waals surface area contributed by atoms with Crippen LogP contribution in [-0.4, -0.2) is 27.6 Å². The van der Waals surface area contributed by atoms with Crippen LogP contribution < -0.4 is 5.56 Å². The zero-order valence-electron chi connectivity index (χ0n) is 12.9. The third kappa shape index (κ3) is 3.83. The summed E-state index contributed by atoms with van der Waals surface area (Å²) in [5.74, 6) is 0.105. The molecule has 0 aliphatic heterocycles. The van der Waals surface area contributed by atoms with Crippen molar-refractivity contribution in [1.82, 2.24) is 15.0 Å². The first-order chi connectivity index (χ1) is 11.2. The molecule has 0 saturated carbocycles. The van der Waals surface area contributed by atoms with Crippen molar-refractivity contribution >= 4 is 16.9 Å². The van der Waals surface area contributed by atoms with Gasteiger partial charge in [-0.25, -0.2) is 4.68 Å². The lowest BCUT2D eigenvalue weighted by molar-refractivity contribution is -0.145. The van der Waals surface area contributed by atoms with Gasteiger partial charge in [0.15, 0.2) is 0 Å². The number of aryl methyl sites for hydroxylation is 1. The third-order valence-electron chi connectivity index (χ3n) is 4.01. The van der Waals surface area contributed by atoms with Crippen LogP contribution in [0.1, 0.15) is 25.7 Å². The molecule has 6 nitrogen and oxygen atoms in total. The molecule has 1 aliphatic rings. The number of ether oxygens (including phenoxy) is 1. The van der Waals surface area contributed by atoms with Crippen LogP contribution >= 0.6 is 0 Å². The SMILES string of the molecule is O=C(CCn1nnc2ccccc2c1=O)OCC1CC=CCC1. The van der Waals surface area contributed by atoms with E-state index in [9.17, 15) is 9.59 Å². The van der Waals surface area contributed by atoms with Gasteiger partial charge in [-0.2, -0.15) is 0 Å². The molecule has 6 heteroatoms. The molecule has 1 atom stereocenters. The van der Waals surface area contributed by atoms with E-state index < -0.39 is 0 Å². The van der Waals surface area contributed by atoms with Gasteiger partial charge < -0.3 is 4.74 Å². The Bertz CT molecular complexity index is 782. The maximum absolute atomic E-state index is 12.2. The van der Waals surface area contributed by atoms with Crippen molar-refractivity contribution in [3.05, 3.63) is 46.8 Å². The van der Waals surface area contributed by atoms with Crippen molar-refractivity contribution < 1.29 is 9.53 Å². The first kappa shape index (κ1) is 15.4. The summed E-state index contributed by atoms with van der Waals surface area (Å²) in [5, 5.41) is 8.36. The molecular formula is C17H19N3O3. The zero-order chi connectivity index (χ0) is 16.1. The number of carbonyl (C=O) groups excluding carboxylic acids is 1. The maximum Gasteiger partial charge on any atom is 0.307 e. The number of rotatable bonds is 5. The van der Waals surface area contributed by atoms with E-state index in [2.05, 4.69) is 22.5 Å². The summed E-state index contributed by atoms with van der Waals surface area (Å²) in [6.07, 6.45) is 7.47. The number of hydrogen-bond acceptors (Lipinski definition) is 5. The molecule has 0 saturated heterocycles. The summed E-state index contributed by atoms with van der Waals surface area (Å²) in [6, 6.07) is 7.03. The van der Waals surface area contributed by atoms with Gasteiger partial charge in [0.25, 0.3) is 5.56 Å². The highest BCUT2D eigenvalue weighted by molar-refractivity contribution is 5.76. The Kier molecular flexibility index (Phi) is 4.80.